The molecular formula is C49H53F2N9O6S. The summed E-state index contributed by atoms with van der Waals surface area (Å²) >= 11 is 0. The van der Waals surface area contributed by atoms with Crippen molar-refractivity contribution < 1.29 is 27.0 Å². The van der Waals surface area contributed by atoms with Crippen molar-refractivity contribution in [3.8, 4) is 5.69 Å². The number of fused-ring (bicyclic) bond motifs is 1. The topological polar surface area (TPSA) is 200 Å². The maximum absolute atomic E-state index is 15.9. The molecule has 3 fully saturated rings. The van der Waals surface area contributed by atoms with Gasteiger partial charge in [0.1, 0.15) is 28.7 Å². The fraction of sp³-hybridized carbons (Fsp3) is 0.408. The summed E-state index contributed by atoms with van der Waals surface area (Å²) in [6, 6.07) is 14.3. The number of rotatable bonds is 9. The molecule has 3 aromatic heterocycles. The Kier molecular flexibility index (Phi) is 10.5. The molecule has 2 saturated carbocycles. The number of nitrogens with two attached hydrogens (primary N) is 1. The highest BCUT2D eigenvalue weighted by Crippen LogP contribution is 2.56. The second-order valence-electron chi connectivity index (χ2n) is 19.4. The summed E-state index contributed by atoms with van der Waals surface area (Å²) in [6.45, 7) is 12.1. The van der Waals surface area contributed by atoms with Gasteiger partial charge >= 0.3 is 11.4 Å². The summed E-state index contributed by atoms with van der Waals surface area (Å²) < 4.78 is 67.9. The van der Waals surface area contributed by atoms with Gasteiger partial charge in [-0.3, -0.25) is 23.4 Å². The van der Waals surface area contributed by atoms with Crippen LogP contribution in [0.1, 0.15) is 105 Å². The van der Waals surface area contributed by atoms with Crippen LogP contribution in [0.4, 0.5) is 14.5 Å². The molecule has 1 amide bonds. The first-order valence-corrected chi connectivity index (χ1v) is 24.3. The van der Waals surface area contributed by atoms with Crippen LogP contribution in [-0.4, -0.2) is 74.7 Å². The predicted octanol–water partition coefficient (Wildman–Crippen LogP) is 7.91. The summed E-state index contributed by atoms with van der Waals surface area (Å²) in [7, 11) is -3.21. The summed E-state index contributed by atoms with van der Waals surface area (Å²) in [5, 5.41) is 4.66. The molecule has 18 heteroatoms. The van der Waals surface area contributed by atoms with Crippen LogP contribution in [0.2, 0.25) is 0 Å². The van der Waals surface area contributed by atoms with Crippen molar-refractivity contribution in [3.63, 3.8) is 0 Å². The molecule has 3 aromatic carbocycles. The average Bonchev–Trinajstić information content (AvgIpc) is 4.11. The van der Waals surface area contributed by atoms with Crippen LogP contribution in [0.5, 0.6) is 0 Å². The molecule has 1 unspecified atom stereocenters. The Balaban J connectivity index is 1.08. The molecule has 1 saturated heterocycles. The number of aromatic amines is 1. The summed E-state index contributed by atoms with van der Waals surface area (Å²) in [5.41, 5.74) is 8.82. The molecular weight excluding hydrogens is 881 g/mol. The Morgan fingerprint density at radius 2 is 1.73 bits per heavy atom. The minimum atomic E-state index is -3.21. The molecule has 2 aliphatic heterocycles. The average molecular weight is 934 g/mol. The van der Waals surface area contributed by atoms with Gasteiger partial charge in [0.2, 0.25) is 0 Å². The van der Waals surface area contributed by atoms with Gasteiger partial charge in [-0.2, -0.15) is 0 Å². The van der Waals surface area contributed by atoms with Crippen molar-refractivity contribution in [1.29, 1.82) is 4.78 Å². The molecule has 10 rings (SSSR count). The van der Waals surface area contributed by atoms with Crippen LogP contribution in [0.3, 0.4) is 0 Å². The van der Waals surface area contributed by atoms with E-state index in [1.165, 1.54) is 29.1 Å². The van der Waals surface area contributed by atoms with Crippen molar-refractivity contribution in [1.82, 2.24) is 28.7 Å². The number of aromatic nitrogens is 5. The third kappa shape index (κ3) is 7.48. The van der Waals surface area contributed by atoms with Gasteiger partial charge in [-0.05, 0) is 144 Å². The first kappa shape index (κ1) is 44.4. The molecule has 5 atom stereocenters. The van der Waals surface area contributed by atoms with Gasteiger partial charge in [-0.25, -0.2) is 32.4 Å². The number of imidazole rings is 1. The quantitative estimate of drug-likeness (QED) is 0.0959. The molecule has 0 bridgehead atoms. The molecule has 6 aromatic rings. The number of nitrogens with one attached hydrogen (secondary N) is 2. The number of H-pyrrole nitrogens is 1. The van der Waals surface area contributed by atoms with Gasteiger partial charge in [0.15, 0.2) is 5.82 Å². The van der Waals surface area contributed by atoms with Crippen molar-refractivity contribution in [2.45, 2.75) is 113 Å². The first-order valence-electron chi connectivity index (χ1n) is 22.7. The number of carbonyl (C=O) groups excluding carboxylic acids is 1. The highest BCUT2D eigenvalue weighted by Gasteiger charge is 2.59. The lowest BCUT2D eigenvalue weighted by atomic mass is 9.83. The van der Waals surface area contributed by atoms with E-state index in [9.17, 15) is 18.2 Å². The number of halogens is 2. The molecule has 2 aliphatic carbocycles. The van der Waals surface area contributed by atoms with Gasteiger partial charge in [-0.15, -0.1) is 0 Å². The van der Waals surface area contributed by atoms with Crippen LogP contribution in [0.25, 0.3) is 16.6 Å². The monoisotopic (exact) mass is 933 g/mol. The second kappa shape index (κ2) is 15.9. The number of aliphatic imine (C=N–C) groups is 1. The molecule has 350 valence electrons. The molecule has 67 heavy (non-hydrogen) atoms. The zero-order chi connectivity index (χ0) is 47.5. The lowest BCUT2D eigenvalue weighted by Crippen LogP contribution is -2.49. The molecule has 0 spiro atoms. The van der Waals surface area contributed by atoms with Crippen molar-refractivity contribution in [2.24, 2.45) is 16.6 Å². The number of carbonyl (C=O) groups is 1. The number of benzene rings is 3. The SMILES string of the molecule is Cc1cc(N=C(C2=C(N)CCN(C(=O)c3cc4cc([C@H]5CCOC(C)(C)C5)ccc4n3[C@@]3(c4noc(=O)[nH]4)C[C@@H]3C)[C@H]2C)n2ccn(-c3ccc(S(=N)(=O)C4CC4)cc3F)c2=O)cc(C)c1F. The lowest BCUT2D eigenvalue weighted by molar-refractivity contribution is -0.0592. The summed E-state index contributed by atoms with van der Waals surface area (Å²) in [4.78, 5) is 52.0. The van der Waals surface area contributed by atoms with Crippen LogP contribution >= 0.6 is 0 Å². The molecule has 15 nitrogen and oxygen atoms in total. The number of hydrogen-bond acceptors (Lipinski definition) is 10. The zero-order valence-corrected chi connectivity index (χ0v) is 39.0. The van der Waals surface area contributed by atoms with E-state index >= 15 is 9.18 Å². The highest BCUT2D eigenvalue weighted by atomic mass is 32.2. The van der Waals surface area contributed by atoms with Crippen LogP contribution in [0.15, 0.2) is 102 Å². The predicted molar refractivity (Wildman–Crippen MR) is 249 cm³/mol. The van der Waals surface area contributed by atoms with Crippen molar-refractivity contribution >= 4 is 38.1 Å². The van der Waals surface area contributed by atoms with Gasteiger partial charge in [0.25, 0.3) is 5.91 Å². The smallest absolute Gasteiger partial charge is 0.402 e. The Morgan fingerprint density at radius 3 is 2.37 bits per heavy atom. The summed E-state index contributed by atoms with van der Waals surface area (Å²) in [5.74, 6) is -1.72. The number of amides is 1. The largest absolute Gasteiger partial charge is 0.438 e. The lowest BCUT2D eigenvalue weighted by Gasteiger charge is -2.37. The van der Waals surface area contributed by atoms with E-state index in [1.807, 2.05) is 23.6 Å². The standard InChI is InChI=1S/C49H53F2N9O6S/c1-26-19-33(20-27(2)42(26)51)54-43(59-17-16-58(47(59)63)39-12-10-35(23-36(39)50)67(53,64)34-8-9-34)41-29(4)57(15-13-37(41)52)44(61)40-22-32-21-30(31-14-18-65-48(5,6)25-31)7-11-38(32)60(40)49(24-28(49)3)45-55-46(62)66-56-45/h7,10-12,16-17,19-23,28-29,31,34,53H,8-9,13-15,18,24-25,52H2,1-6H3,(H,55,56,62)/t28-,29-,31-,49-,67?/m0/s1. The molecule has 4 N–H and O–H groups in total. The minimum absolute atomic E-state index is 0.0381. The minimum Gasteiger partial charge on any atom is -0.402 e. The van der Waals surface area contributed by atoms with Crippen LogP contribution in [0, 0.1) is 36.2 Å². The second-order valence-corrected chi connectivity index (χ2v) is 21.7. The number of ether oxygens (including phenoxy) is 1. The zero-order valence-electron chi connectivity index (χ0n) is 38.2. The Labute approximate surface area is 385 Å². The Hall–Kier alpha value is -6.40. The first-order chi connectivity index (χ1) is 31.8. The molecule has 0 radical (unpaired) electrons. The van der Waals surface area contributed by atoms with E-state index < -0.39 is 44.4 Å². The van der Waals surface area contributed by atoms with Gasteiger partial charge in [0, 0.05) is 59.4 Å². The maximum atomic E-state index is 15.9. The molecule has 4 aliphatic rings. The summed E-state index contributed by atoms with van der Waals surface area (Å²) in [6.07, 6.45) is 6.53. The van der Waals surface area contributed by atoms with E-state index in [1.54, 1.807) is 37.8 Å². The number of nitrogens with zero attached hydrogens (tertiary/aromatic N) is 6. The van der Waals surface area contributed by atoms with Crippen LogP contribution in [-0.2, 0) is 20.0 Å². The van der Waals surface area contributed by atoms with Gasteiger partial charge < -0.3 is 19.9 Å². The van der Waals surface area contributed by atoms with E-state index in [0.29, 0.717) is 65.5 Å². The van der Waals surface area contributed by atoms with E-state index in [-0.39, 0.29) is 58.0 Å². The van der Waals surface area contributed by atoms with Crippen molar-refractivity contribution in [2.75, 3.05) is 13.2 Å². The van der Waals surface area contributed by atoms with Crippen molar-refractivity contribution in [3.05, 3.63) is 139 Å². The number of aryl methyl sites for hydroxylation is 2. The van der Waals surface area contributed by atoms with E-state index in [4.69, 9.17) is 24.8 Å². The number of hydrogen-bond donors (Lipinski definition) is 3. The highest BCUT2D eigenvalue weighted by molar-refractivity contribution is 7.93. The third-order valence-electron chi connectivity index (χ3n) is 14.3. The fourth-order valence-corrected chi connectivity index (χ4v) is 12.2. The Bertz CT molecular complexity index is 3310. The van der Waals surface area contributed by atoms with Gasteiger partial charge in [-0.1, -0.05) is 18.1 Å². The normalized spacial score (nSPS) is 24.0. The maximum Gasteiger partial charge on any atom is 0.438 e. The van der Waals surface area contributed by atoms with E-state index in [2.05, 4.69) is 36.1 Å². The van der Waals surface area contributed by atoms with E-state index in [0.717, 1.165) is 39.9 Å². The third-order valence-corrected chi connectivity index (χ3v) is 16.6. The van der Waals surface area contributed by atoms with Gasteiger partial charge in [0.05, 0.1) is 37.6 Å². The fourth-order valence-electron chi connectivity index (χ4n) is 10.5. The van der Waals surface area contributed by atoms with Crippen LogP contribution < -0.4 is 17.2 Å². The Morgan fingerprint density at radius 1 is 1.00 bits per heavy atom. The molecule has 5 heterocycles.